The van der Waals surface area contributed by atoms with Gasteiger partial charge in [-0.25, -0.2) is 0 Å². The van der Waals surface area contributed by atoms with Crippen molar-refractivity contribution in [3.63, 3.8) is 0 Å². The minimum Gasteiger partial charge on any atom is -0.398 e. The summed E-state index contributed by atoms with van der Waals surface area (Å²) in [7, 11) is 1.75. The molecule has 3 heteroatoms. The van der Waals surface area contributed by atoms with E-state index in [2.05, 4.69) is 30.9 Å². The van der Waals surface area contributed by atoms with Crippen molar-refractivity contribution in [2.45, 2.75) is 57.5 Å². The van der Waals surface area contributed by atoms with Gasteiger partial charge in [0.05, 0.1) is 0 Å². The van der Waals surface area contributed by atoms with Gasteiger partial charge < -0.3 is 8.85 Å². The van der Waals surface area contributed by atoms with Crippen LogP contribution in [0.5, 0.6) is 0 Å². The van der Waals surface area contributed by atoms with Crippen molar-refractivity contribution in [2.75, 3.05) is 14.2 Å². The molecule has 1 rings (SSSR count). The zero-order chi connectivity index (χ0) is 14.0. The van der Waals surface area contributed by atoms with E-state index in [1.807, 2.05) is 0 Å². The molecule has 2 nitrogen and oxygen atoms in total. The van der Waals surface area contributed by atoms with Gasteiger partial charge in [0, 0.05) is 14.2 Å². The standard InChI is InChI=1S/C16H30O2Si/c1-17-19(3,18-2)15-11-7-5-4-6-8-12-16-13-9-10-14-16/h9-10,13-14,16H,4-8,11-12,15H2,1-3H3. The van der Waals surface area contributed by atoms with Gasteiger partial charge in [0.1, 0.15) is 0 Å². The monoisotopic (exact) mass is 282 g/mol. The third-order valence-electron chi connectivity index (χ3n) is 4.11. The second-order valence-electron chi connectivity index (χ2n) is 5.64. The number of unbranched alkanes of at least 4 members (excludes halogenated alkanes) is 5. The molecule has 0 saturated heterocycles. The molecule has 0 aromatic rings. The van der Waals surface area contributed by atoms with Crippen molar-refractivity contribution >= 4 is 8.56 Å². The maximum absolute atomic E-state index is 5.49. The molecule has 110 valence electrons. The Kier molecular flexibility index (Phi) is 8.34. The predicted octanol–water partition coefficient (Wildman–Crippen LogP) is 4.82. The van der Waals surface area contributed by atoms with Gasteiger partial charge in [0.2, 0.25) is 0 Å². The van der Waals surface area contributed by atoms with Crippen LogP contribution in [0.4, 0.5) is 0 Å². The lowest BCUT2D eigenvalue weighted by atomic mass is 10.0. The van der Waals surface area contributed by atoms with Gasteiger partial charge in [-0.15, -0.1) is 0 Å². The van der Waals surface area contributed by atoms with Crippen molar-refractivity contribution in [1.82, 2.24) is 0 Å². The van der Waals surface area contributed by atoms with Crippen LogP contribution in [0.15, 0.2) is 24.3 Å². The molecule has 1 aliphatic rings. The van der Waals surface area contributed by atoms with Crippen molar-refractivity contribution in [2.24, 2.45) is 5.92 Å². The van der Waals surface area contributed by atoms with Gasteiger partial charge in [-0.3, -0.25) is 0 Å². The molecular weight excluding hydrogens is 252 g/mol. The van der Waals surface area contributed by atoms with E-state index in [4.69, 9.17) is 8.85 Å². The predicted molar refractivity (Wildman–Crippen MR) is 84.5 cm³/mol. The van der Waals surface area contributed by atoms with Crippen LogP contribution in [0, 0.1) is 5.92 Å². The molecule has 19 heavy (non-hydrogen) atoms. The number of hydrogen-bond acceptors (Lipinski definition) is 2. The first-order valence-corrected chi connectivity index (χ1v) is 10.2. The van der Waals surface area contributed by atoms with Gasteiger partial charge in [-0.2, -0.15) is 0 Å². The molecule has 0 aromatic carbocycles. The van der Waals surface area contributed by atoms with E-state index in [1.165, 1.54) is 44.9 Å². The third-order valence-corrected chi connectivity index (χ3v) is 7.10. The minimum atomic E-state index is -1.81. The second-order valence-corrected chi connectivity index (χ2v) is 9.22. The molecule has 0 amide bonds. The Morgan fingerprint density at radius 1 is 0.842 bits per heavy atom. The van der Waals surface area contributed by atoms with Gasteiger partial charge in [-0.1, -0.05) is 62.8 Å². The first-order chi connectivity index (χ1) is 9.20. The van der Waals surface area contributed by atoms with E-state index in [-0.39, 0.29) is 0 Å². The first kappa shape index (κ1) is 16.7. The first-order valence-electron chi connectivity index (χ1n) is 7.65. The zero-order valence-corrected chi connectivity index (χ0v) is 13.9. The summed E-state index contributed by atoms with van der Waals surface area (Å²) in [5.41, 5.74) is 0. The average Bonchev–Trinajstić information content (AvgIpc) is 2.94. The summed E-state index contributed by atoms with van der Waals surface area (Å²) in [6.07, 6.45) is 18.3. The van der Waals surface area contributed by atoms with E-state index in [0.29, 0.717) is 0 Å². The summed E-state index contributed by atoms with van der Waals surface area (Å²) in [5.74, 6) is 0.718. The summed E-state index contributed by atoms with van der Waals surface area (Å²) >= 11 is 0. The summed E-state index contributed by atoms with van der Waals surface area (Å²) in [6, 6.07) is 1.12. The van der Waals surface area contributed by atoms with E-state index in [0.717, 1.165) is 12.0 Å². The van der Waals surface area contributed by atoms with E-state index >= 15 is 0 Å². The topological polar surface area (TPSA) is 18.5 Å². The van der Waals surface area contributed by atoms with E-state index < -0.39 is 8.56 Å². The van der Waals surface area contributed by atoms with E-state index in [9.17, 15) is 0 Å². The Balaban J connectivity index is 1.88. The molecule has 1 aliphatic carbocycles. The Morgan fingerprint density at radius 3 is 1.95 bits per heavy atom. The molecule has 0 unspecified atom stereocenters. The second kappa shape index (κ2) is 9.51. The maximum atomic E-state index is 5.49. The quantitative estimate of drug-likeness (QED) is 0.399. The molecule has 0 aliphatic heterocycles. The largest absolute Gasteiger partial charge is 0.398 e. The maximum Gasteiger partial charge on any atom is 0.334 e. The number of allylic oxidation sites excluding steroid dienone is 4. The molecule has 0 aromatic heterocycles. The van der Waals surface area contributed by atoms with Crippen LogP contribution in [0.2, 0.25) is 12.6 Å². The average molecular weight is 282 g/mol. The fourth-order valence-electron chi connectivity index (χ4n) is 2.49. The number of rotatable bonds is 11. The summed E-state index contributed by atoms with van der Waals surface area (Å²) in [4.78, 5) is 0. The highest BCUT2D eigenvalue weighted by atomic mass is 28.4. The number of hydrogen-bond donors (Lipinski definition) is 0. The Bertz CT molecular complexity index is 270. The van der Waals surface area contributed by atoms with Crippen molar-refractivity contribution in [3.05, 3.63) is 24.3 Å². The van der Waals surface area contributed by atoms with E-state index in [1.54, 1.807) is 14.2 Å². The fourth-order valence-corrected chi connectivity index (χ4v) is 3.96. The van der Waals surface area contributed by atoms with Gasteiger partial charge >= 0.3 is 8.56 Å². The van der Waals surface area contributed by atoms with Crippen LogP contribution < -0.4 is 0 Å². The minimum absolute atomic E-state index is 0.718. The summed E-state index contributed by atoms with van der Waals surface area (Å²) in [6.45, 7) is 2.15. The van der Waals surface area contributed by atoms with Crippen LogP contribution in [0.25, 0.3) is 0 Å². The molecule has 0 fully saturated rings. The Hall–Kier alpha value is -0.383. The zero-order valence-electron chi connectivity index (χ0n) is 12.9. The van der Waals surface area contributed by atoms with Crippen molar-refractivity contribution in [1.29, 1.82) is 0 Å². The normalized spacial score (nSPS) is 15.5. The lowest BCUT2D eigenvalue weighted by Gasteiger charge is -2.22. The molecule has 0 N–H and O–H groups in total. The lowest BCUT2D eigenvalue weighted by molar-refractivity contribution is 0.248. The van der Waals surface area contributed by atoms with Crippen molar-refractivity contribution in [3.8, 4) is 0 Å². The van der Waals surface area contributed by atoms with Gasteiger partial charge in [-0.05, 0) is 24.9 Å². The smallest absolute Gasteiger partial charge is 0.334 e. The molecule has 0 saturated carbocycles. The molecule has 0 spiro atoms. The molecular formula is C16H30O2Si. The molecule has 0 atom stereocenters. The highest BCUT2D eigenvalue weighted by molar-refractivity contribution is 6.65. The highest BCUT2D eigenvalue weighted by Gasteiger charge is 2.27. The Labute approximate surface area is 120 Å². The van der Waals surface area contributed by atoms with Crippen LogP contribution in [0.3, 0.4) is 0 Å². The van der Waals surface area contributed by atoms with Gasteiger partial charge in [0.25, 0.3) is 0 Å². The van der Waals surface area contributed by atoms with Gasteiger partial charge in [0.15, 0.2) is 0 Å². The Morgan fingerprint density at radius 2 is 1.37 bits per heavy atom. The summed E-state index contributed by atoms with van der Waals surface area (Å²) < 4.78 is 11.0. The highest BCUT2D eigenvalue weighted by Crippen LogP contribution is 2.19. The van der Waals surface area contributed by atoms with Crippen LogP contribution in [-0.4, -0.2) is 22.8 Å². The molecule has 0 heterocycles. The van der Waals surface area contributed by atoms with Crippen LogP contribution in [-0.2, 0) is 8.85 Å². The van der Waals surface area contributed by atoms with Crippen molar-refractivity contribution < 1.29 is 8.85 Å². The SMILES string of the molecule is CO[Si](C)(CCCCCCCCC1C=CC=C1)OC. The van der Waals surface area contributed by atoms with Crippen LogP contribution >= 0.6 is 0 Å². The molecule has 0 radical (unpaired) electrons. The fraction of sp³-hybridized carbons (Fsp3) is 0.750. The lowest BCUT2D eigenvalue weighted by Crippen LogP contribution is -2.35. The molecule has 0 bridgehead atoms. The summed E-state index contributed by atoms with van der Waals surface area (Å²) in [5, 5.41) is 0. The third kappa shape index (κ3) is 7.09. The van der Waals surface area contributed by atoms with Crippen LogP contribution in [0.1, 0.15) is 44.9 Å².